The number of halogens is 3. The van der Waals surface area contributed by atoms with Crippen molar-refractivity contribution in [1.82, 2.24) is 0 Å². The van der Waals surface area contributed by atoms with Crippen LogP contribution in [0.4, 0.5) is 13.2 Å². The maximum atomic E-state index is 13.3. The molecule has 0 saturated heterocycles. The Kier molecular flexibility index (Phi) is 4.47. The summed E-state index contributed by atoms with van der Waals surface area (Å²) in [6.45, 7) is 1.48. The molecule has 1 atom stereocenters. The van der Waals surface area contributed by atoms with Crippen molar-refractivity contribution in [1.29, 1.82) is 0 Å². The number of carbonyl (C=O) groups excluding carboxylic acids is 1. The fourth-order valence-corrected chi connectivity index (χ4v) is 1.60. The first kappa shape index (κ1) is 14.2. The number of rotatable bonds is 5. The highest BCUT2D eigenvalue weighted by Crippen LogP contribution is 2.19. The fraction of sp³-hybridized carbons (Fsp3) is 0.333. The van der Waals surface area contributed by atoms with Gasteiger partial charge in [0.2, 0.25) is 0 Å². The molecule has 3 nitrogen and oxygen atoms in total. The molecule has 0 aliphatic rings. The Morgan fingerprint density at radius 2 is 1.67 bits per heavy atom. The number of ketones is 1. The average Bonchev–Trinajstić information content (AvgIpc) is 2.12. The highest BCUT2D eigenvalue weighted by Gasteiger charge is 2.21. The summed E-state index contributed by atoms with van der Waals surface area (Å²) < 4.78 is 39.2. The standard InChI is InChI=1S/C12H11F3O3/c1-6(3-11(17)18)2-10(16)12-8(14)4-7(13)5-9(12)15/h4-6H,2-3H2,1H3,(H,17,18). The van der Waals surface area contributed by atoms with Crippen molar-refractivity contribution in [2.45, 2.75) is 19.8 Å². The van der Waals surface area contributed by atoms with E-state index < -0.39 is 40.7 Å². The van der Waals surface area contributed by atoms with E-state index in [0.29, 0.717) is 12.1 Å². The fourth-order valence-electron chi connectivity index (χ4n) is 1.60. The Labute approximate surface area is 101 Å². The molecule has 0 aliphatic carbocycles. The molecule has 0 aromatic heterocycles. The predicted molar refractivity (Wildman–Crippen MR) is 56.7 cm³/mol. The van der Waals surface area contributed by atoms with Gasteiger partial charge in [0.15, 0.2) is 5.78 Å². The van der Waals surface area contributed by atoms with E-state index in [1.54, 1.807) is 0 Å². The van der Waals surface area contributed by atoms with Gasteiger partial charge in [-0.2, -0.15) is 0 Å². The molecule has 1 aromatic carbocycles. The van der Waals surface area contributed by atoms with Gasteiger partial charge >= 0.3 is 5.97 Å². The third kappa shape index (κ3) is 3.58. The minimum Gasteiger partial charge on any atom is -0.481 e. The van der Waals surface area contributed by atoms with Crippen molar-refractivity contribution in [2.75, 3.05) is 0 Å². The summed E-state index contributed by atoms with van der Waals surface area (Å²) in [7, 11) is 0. The summed E-state index contributed by atoms with van der Waals surface area (Å²) >= 11 is 0. The topological polar surface area (TPSA) is 54.4 Å². The molecule has 0 aliphatic heterocycles. The van der Waals surface area contributed by atoms with Crippen LogP contribution in [-0.2, 0) is 4.79 Å². The number of carbonyl (C=O) groups is 2. The second kappa shape index (κ2) is 5.66. The Bertz CT molecular complexity index is 462. The maximum Gasteiger partial charge on any atom is 0.303 e. The van der Waals surface area contributed by atoms with Crippen LogP contribution in [0.2, 0.25) is 0 Å². The molecule has 18 heavy (non-hydrogen) atoms. The van der Waals surface area contributed by atoms with E-state index in [1.807, 2.05) is 0 Å². The molecular weight excluding hydrogens is 249 g/mol. The molecule has 1 aromatic rings. The molecule has 1 rings (SSSR count). The van der Waals surface area contributed by atoms with Crippen molar-refractivity contribution in [3.05, 3.63) is 35.1 Å². The van der Waals surface area contributed by atoms with Crippen LogP contribution in [0.1, 0.15) is 30.1 Å². The second-order valence-corrected chi connectivity index (χ2v) is 4.07. The van der Waals surface area contributed by atoms with Crippen molar-refractivity contribution < 1.29 is 27.9 Å². The maximum absolute atomic E-state index is 13.3. The van der Waals surface area contributed by atoms with E-state index >= 15 is 0 Å². The lowest BCUT2D eigenvalue weighted by molar-refractivity contribution is -0.137. The van der Waals surface area contributed by atoms with Crippen molar-refractivity contribution in [2.24, 2.45) is 5.92 Å². The van der Waals surface area contributed by atoms with Crippen LogP contribution in [0.25, 0.3) is 0 Å². The lowest BCUT2D eigenvalue weighted by atomic mass is 9.96. The lowest BCUT2D eigenvalue weighted by Crippen LogP contribution is -2.13. The Morgan fingerprint density at radius 3 is 2.11 bits per heavy atom. The van der Waals surface area contributed by atoms with Crippen molar-refractivity contribution >= 4 is 11.8 Å². The number of hydrogen-bond acceptors (Lipinski definition) is 2. The van der Waals surface area contributed by atoms with Gasteiger partial charge in [-0.1, -0.05) is 6.92 Å². The first-order valence-electron chi connectivity index (χ1n) is 5.20. The molecule has 98 valence electrons. The summed E-state index contributed by atoms with van der Waals surface area (Å²) in [5.41, 5.74) is -0.825. The molecule has 1 N–H and O–H groups in total. The Morgan fingerprint density at radius 1 is 1.17 bits per heavy atom. The number of carboxylic acid groups (broad SMARTS) is 1. The van der Waals surface area contributed by atoms with Crippen molar-refractivity contribution in [3.8, 4) is 0 Å². The molecule has 0 bridgehead atoms. The Balaban J connectivity index is 2.88. The van der Waals surface area contributed by atoms with Gasteiger partial charge < -0.3 is 5.11 Å². The van der Waals surface area contributed by atoms with Gasteiger partial charge in [-0.15, -0.1) is 0 Å². The van der Waals surface area contributed by atoms with Gasteiger partial charge in [-0.3, -0.25) is 9.59 Å². The first-order valence-corrected chi connectivity index (χ1v) is 5.20. The highest BCUT2D eigenvalue weighted by molar-refractivity contribution is 5.96. The van der Waals surface area contributed by atoms with E-state index in [1.165, 1.54) is 6.92 Å². The Hall–Kier alpha value is -1.85. The monoisotopic (exact) mass is 260 g/mol. The summed E-state index contributed by atoms with van der Waals surface area (Å²) in [5.74, 6) is -6.20. The molecular formula is C12H11F3O3. The van der Waals surface area contributed by atoms with Gasteiger partial charge in [-0.05, 0) is 5.92 Å². The zero-order valence-electron chi connectivity index (χ0n) is 9.54. The molecule has 1 unspecified atom stereocenters. The minimum absolute atomic E-state index is 0.282. The number of hydrogen-bond donors (Lipinski definition) is 1. The zero-order valence-corrected chi connectivity index (χ0v) is 9.54. The third-order valence-electron chi connectivity index (χ3n) is 2.34. The SMILES string of the molecule is CC(CC(=O)O)CC(=O)c1c(F)cc(F)cc1F. The average molecular weight is 260 g/mol. The van der Waals surface area contributed by atoms with Gasteiger partial charge in [0.25, 0.3) is 0 Å². The summed E-state index contributed by atoms with van der Waals surface area (Å²) in [6, 6.07) is 0.830. The molecule has 0 fully saturated rings. The first-order chi connectivity index (χ1) is 8.31. The van der Waals surface area contributed by atoms with Gasteiger partial charge in [0.1, 0.15) is 17.5 Å². The molecule has 0 saturated carbocycles. The van der Waals surface area contributed by atoms with E-state index in [4.69, 9.17) is 5.11 Å². The lowest BCUT2D eigenvalue weighted by Gasteiger charge is -2.09. The zero-order chi connectivity index (χ0) is 13.9. The van der Waals surface area contributed by atoms with E-state index in [9.17, 15) is 22.8 Å². The van der Waals surface area contributed by atoms with Crippen LogP contribution >= 0.6 is 0 Å². The van der Waals surface area contributed by atoms with Crippen molar-refractivity contribution in [3.63, 3.8) is 0 Å². The number of benzene rings is 1. The van der Waals surface area contributed by atoms with E-state index in [-0.39, 0.29) is 12.8 Å². The largest absolute Gasteiger partial charge is 0.481 e. The van der Waals surface area contributed by atoms with Crippen LogP contribution in [0.15, 0.2) is 12.1 Å². The van der Waals surface area contributed by atoms with Gasteiger partial charge in [-0.25, -0.2) is 13.2 Å². The quantitative estimate of drug-likeness (QED) is 0.828. The summed E-state index contributed by atoms with van der Waals surface area (Å²) in [4.78, 5) is 22.0. The smallest absolute Gasteiger partial charge is 0.303 e. The van der Waals surface area contributed by atoms with Gasteiger partial charge in [0.05, 0.1) is 5.56 Å². The van der Waals surface area contributed by atoms with Crippen LogP contribution < -0.4 is 0 Å². The third-order valence-corrected chi connectivity index (χ3v) is 2.34. The minimum atomic E-state index is -1.28. The van der Waals surface area contributed by atoms with Crippen LogP contribution in [0.3, 0.4) is 0 Å². The summed E-state index contributed by atoms with van der Waals surface area (Å²) in [6.07, 6.45) is -0.595. The van der Waals surface area contributed by atoms with E-state index in [2.05, 4.69) is 0 Å². The summed E-state index contributed by atoms with van der Waals surface area (Å²) in [5, 5.41) is 8.50. The molecule has 0 spiro atoms. The molecule has 0 heterocycles. The highest BCUT2D eigenvalue weighted by atomic mass is 19.1. The number of carboxylic acids is 1. The van der Waals surface area contributed by atoms with Crippen LogP contribution in [0.5, 0.6) is 0 Å². The normalized spacial score (nSPS) is 12.2. The number of Topliss-reactive ketones (excluding diaryl/α,β-unsaturated/α-hetero) is 1. The predicted octanol–water partition coefficient (Wildman–Crippen LogP) is 2.79. The molecule has 0 amide bonds. The van der Waals surface area contributed by atoms with E-state index in [0.717, 1.165) is 0 Å². The van der Waals surface area contributed by atoms with Crippen LogP contribution in [0, 0.1) is 23.4 Å². The van der Waals surface area contributed by atoms with Gasteiger partial charge in [0, 0.05) is 25.0 Å². The number of aliphatic carboxylic acids is 1. The molecule has 6 heteroatoms. The second-order valence-electron chi connectivity index (χ2n) is 4.07. The molecule has 0 radical (unpaired) electrons. The van der Waals surface area contributed by atoms with Crippen LogP contribution in [-0.4, -0.2) is 16.9 Å².